The number of phenols is 1. The van der Waals surface area contributed by atoms with E-state index in [-0.39, 0.29) is 5.75 Å². The van der Waals surface area contributed by atoms with E-state index in [9.17, 15) is 5.11 Å². The number of nitrogens with zero attached hydrogens (tertiary/aromatic N) is 3. The number of halogens is 1. The second kappa shape index (κ2) is 6.73. The standard InChI is InChI=1S/C15H16ClN3O2S/c1-22-12-13(16)17-14(10-3-2-4-11(20)9-10)18-15(12)19-5-7-21-8-6-19/h2-4,9,20H,5-8H2,1H3. The second-order valence-electron chi connectivity index (χ2n) is 4.84. The van der Waals surface area contributed by atoms with Gasteiger partial charge in [0.15, 0.2) is 5.82 Å². The first-order valence-electron chi connectivity index (χ1n) is 6.92. The molecule has 116 valence electrons. The van der Waals surface area contributed by atoms with Gasteiger partial charge in [-0.25, -0.2) is 9.97 Å². The van der Waals surface area contributed by atoms with E-state index in [2.05, 4.69) is 14.9 Å². The van der Waals surface area contributed by atoms with Crippen molar-refractivity contribution in [3.8, 4) is 17.1 Å². The summed E-state index contributed by atoms with van der Waals surface area (Å²) in [6, 6.07) is 6.86. The molecule has 0 amide bonds. The molecule has 0 saturated carbocycles. The Kier molecular flexibility index (Phi) is 4.71. The fourth-order valence-corrected chi connectivity index (χ4v) is 3.32. The summed E-state index contributed by atoms with van der Waals surface area (Å²) in [5.74, 6) is 1.52. The molecule has 0 aliphatic carbocycles. The third kappa shape index (κ3) is 3.14. The van der Waals surface area contributed by atoms with Gasteiger partial charge in [-0.2, -0.15) is 0 Å². The molecule has 0 atom stereocenters. The van der Waals surface area contributed by atoms with Gasteiger partial charge < -0.3 is 14.7 Å². The molecule has 3 rings (SSSR count). The zero-order valence-electron chi connectivity index (χ0n) is 12.1. The van der Waals surface area contributed by atoms with Crippen LogP contribution in [-0.2, 0) is 4.74 Å². The lowest BCUT2D eigenvalue weighted by Crippen LogP contribution is -2.37. The predicted molar refractivity (Wildman–Crippen MR) is 89.0 cm³/mol. The summed E-state index contributed by atoms with van der Waals surface area (Å²) in [6.45, 7) is 2.91. The van der Waals surface area contributed by atoms with E-state index in [1.165, 1.54) is 11.8 Å². The van der Waals surface area contributed by atoms with Crippen LogP contribution in [0, 0.1) is 0 Å². The molecule has 22 heavy (non-hydrogen) atoms. The first-order chi connectivity index (χ1) is 10.7. The van der Waals surface area contributed by atoms with Crippen molar-refractivity contribution >= 4 is 29.2 Å². The molecule has 0 unspecified atom stereocenters. The van der Waals surface area contributed by atoms with Gasteiger partial charge in [0.2, 0.25) is 0 Å². The number of benzene rings is 1. The highest BCUT2D eigenvalue weighted by atomic mass is 35.5. The minimum atomic E-state index is 0.180. The maximum atomic E-state index is 9.64. The van der Waals surface area contributed by atoms with E-state index in [4.69, 9.17) is 16.3 Å². The Labute approximate surface area is 138 Å². The molecule has 0 radical (unpaired) electrons. The number of hydrogen-bond acceptors (Lipinski definition) is 6. The lowest BCUT2D eigenvalue weighted by atomic mass is 10.2. The Balaban J connectivity index is 2.07. The number of aromatic nitrogens is 2. The number of aromatic hydroxyl groups is 1. The van der Waals surface area contributed by atoms with Gasteiger partial charge in [0, 0.05) is 18.7 Å². The Hall–Kier alpha value is -1.50. The van der Waals surface area contributed by atoms with Crippen molar-refractivity contribution in [1.82, 2.24) is 9.97 Å². The minimum absolute atomic E-state index is 0.180. The zero-order chi connectivity index (χ0) is 15.5. The number of hydrogen-bond donors (Lipinski definition) is 1. The summed E-state index contributed by atoms with van der Waals surface area (Å²) in [5, 5.41) is 10.1. The first-order valence-corrected chi connectivity index (χ1v) is 8.53. The van der Waals surface area contributed by atoms with Crippen LogP contribution in [0.3, 0.4) is 0 Å². The number of thioether (sulfide) groups is 1. The molecule has 1 aliphatic heterocycles. The van der Waals surface area contributed by atoms with Crippen molar-refractivity contribution in [2.45, 2.75) is 4.90 Å². The van der Waals surface area contributed by atoms with E-state index in [0.717, 1.165) is 29.4 Å². The van der Waals surface area contributed by atoms with E-state index < -0.39 is 0 Å². The second-order valence-corrected chi connectivity index (χ2v) is 6.02. The summed E-state index contributed by atoms with van der Waals surface area (Å²) in [6.07, 6.45) is 1.96. The molecular formula is C15H16ClN3O2S. The Morgan fingerprint density at radius 1 is 1.27 bits per heavy atom. The highest BCUT2D eigenvalue weighted by Crippen LogP contribution is 2.35. The topological polar surface area (TPSA) is 58.5 Å². The molecular weight excluding hydrogens is 322 g/mol. The van der Waals surface area contributed by atoms with Gasteiger partial charge in [-0.05, 0) is 18.4 Å². The molecule has 1 aromatic carbocycles. The van der Waals surface area contributed by atoms with Gasteiger partial charge in [-0.1, -0.05) is 23.7 Å². The normalized spacial score (nSPS) is 15.1. The maximum Gasteiger partial charge on any atom is 0.163 e. The summed E-state index contributed by atoms with van der Waals surface area (Å²) in [7, 11) is 0. The third-order valence-corrected chi connectivity index (χ3v) is 4.60. The van der Waals surface area contributed by atoms with Gasteiger partial charge >= 0.3 is 0 Å². The highest BCUT2D eigenvalue weighted by Gasteiger charge is 2.21. The van der Waals surface area contributed by atoms with Crippen LogP contribution in [0.25, 0.3) is 11.4 Å². The van der Waals surface area contributed by atoms with Gasteiger partial charge in [0.25, 0.3) is 0 Å². The van der Waals surface area contributed by atoms with E-state index in [1.54, 1.807) is 18.2 Å². The molecule has 2 aromatic rings. The Morgan fingerprint density at radius 3 is 2.73 bits per heavy atom. The van der Waals surface area contributed by atoms with Crippen LogP contribution >= 0.6 is 23.4 Å². The summed E-state index contributed by atoms with van der Waals surface area (Å²) in [4.78, 5) is 12.1. The van der Waals surface area contributed by atoms with E-state index in [1.807, 2.05) is 12.3 Å². The fraction of sp³-hybridized carbons (Fsp3) is 0.333. The molecule has 0 bridgehead atoms. The van der Waals surface area contributed by atoms with Crippen LogP contribution in [0.5, 0.6) is 5.75 Å². The van der Waals surface area contributed by atoms with E-state index in [0.29, 0.717) is 24.2 Å². The number of rotatable bonds is 3. The SMILES string of the molecule is CSc1c(Cl)nc(-c2cccc(O)c2)nc1N1CCOCC1. The van der Waals surface area contributed by atoms with Crippen molar-refractivity contribution in [3.63, 3.8) is 0 Å². The Morgan fingerprint density at radius 2 is 2.05 bits per heavy atom. The van der Waals surface area contributed by atoms with Gasteiger partial charge in [-0.3, -0.25) is 0 Å². The molecule has 1 fully saturated rings. The molecule has 1 aromatic heterocycles. The van der Waals surface area contributed by atoms with Crippen molar-refractivity contribution in [2.24, 2.45) is 0 Å². The number of anilines is 1. The van der Waals surface area contributed by atoms with Crippen molar-refractivity contribution < 1.29 is 9.84 Å². The van der Waals surface area contributed by atoms with Crippen LogP contribution in [0.15, 0.2) is 29.2 Å². The first kappa shape index (κ1) is 15.4. The van der Waals surface area contributed by atoms with Gasteiger partial charge in [0.05, 0.1) is 18.1 Å². The van der Waals surface area contributed by atoms with Crippen molar-refractivity contribution in [1.29, 1.82) is 0 Å². The van der Waals surface area contributed by atoms with Gasteiger partial charge in [-0.15, -0.1) is 11.8 Å². The Bertz CT molecular complexity index is 678. The monoisotopic (exact) mass is 337 g/mol. The fourth-order valence-electron chi connectivity index (χ4n) is 2.35. The molecule has 1 saturated heterocycles. The zero-order valence-corrected chi connectivity index (χ0v) is 13.7. The molecule has 5 nitrogen and oxygen atoms in total. The van der Waals surface area contributed by atoms with Crippen LogP contribution in [0.2, 0.25) is 5.15 Å². The average molecular weight is 338 g/mol. The smallest absolute Gasteiger partial charge is 0.163 e. The highest BCUT2D eigenvalue weighted by molar-refractivity contribution is 7.98. The van der Waals surface area contributed by atoms with Crippen LogP contribution in [0.1, 0.15) is 0 Å². The van der Waals surface area contributed by atoms with Crippen molar-refractivity contribution in [3.05, 3.63) is 29.4 Å². The number of ether oxygens (including phenoxy) is 1. The number of phenolic OH excluding ortho intramolecular Hbond substituents is 1. The summed E-state index contributed by atoms with van der Waals surface area (Å²) in [5.41, 5.74) is 0.740. The van der Waals surface area contributed by atoms with Gasteiger partial charge in [0.1, 0.15) is 16.7 Å². The summed E-state index contributed by atoms with van der Waals surface area (Å²) < 4.78 is 5.40. The summed E-state index contributed by atoms with van der Waals surface area (Å²) >= 11 is 7.89. The van der Waals surface area contributed by atoms with Crippen LogP contribution in [0.4, 0.5) is 5.82 Å². The minimum Gasteiger partial charge on any atom is -0.508 e. The molecule has 0 spiro atoms. The number of morpholine rings is 1. The molecule has 2 heterocycles. The predicted octanol–water partition coefficient (Wildman–Crippen LogP) is 3.06. The quantitative estimate of drug-likeness (QED) is 0.686. The third-order valence-electron chi connectivity index (χ3n) is 3.43. The molecule has 1 N–H and O–H groups in total. The average Bonchev–Trinajstić information content (AvgIpc) is 2.55. The van der Waals surface area contributed by atoms with Crippen molar-refractivity contribution in [2.75, 3.05) is 37.5 Å². The molecule has 7 heteroatoms. The largest absolute Gasteiger partial charge is 0.508 e. The van der Waals surface area contributed by atoms with Crippen LogP contribution in [-0.4, -0.2) is 47.6 Å². The van der Waals surface area contributed by atoms with E-state index >= 15 is 0 Å². The maximum absolute atomic E-state index is 9.64. The molecule has 1 aliphatic rings. The lowest BCUT2D eigenvalue weighted by molar-refractivity contribution is 0.122. The lowest BCUT2D eigenvalue weighted by Gasteiger charge is -2.29. The van der Waals surface area contributed by atoms with Crippen LogP contribution < -0.4 is 4.90 Å².